The molecule has 2 atom stereocenters. The highest BCUT2D eigenvalue weighted by Crippen LogP contribution is 2.29. The Hall–Kier alpha value is -1.91. The first kappa shape index (κ1) is 20.4. The molecule has 1 aromatic heterocycles. The monoisotopic (exact) mass is 414 g/mol. The van der Waals surface area contributed by atoms with E-state index in [0.717, 1.165) is 45.2 Å². The van der Waals surface area contributed by atoms with Crippen LogP contribution in [0.15, 0.2) is 16.9 Å². The molecule has 29 heavy (non-hydrogen) atoms. The molecule has 160 valence electrons. The highest BCUT2D eigenvalue weighted by atomic mass is 19.4. The van der Waals surface area contributed by atoms with Crippen molar-refractivity contribution in [3.63, 3.8) is 0 Å². The average Bonchev–Trinajstić information content (AvgIpc) is 3.32. The average molecular weight is 414 g/mol. The van der Waals surface area contributed by atoms with Crippen molar-refractivity contribution in [2.45, 2.75) is 44.2 Å². The van der Waals surface area contributed by atoms with Crippen LogP contribution in [0.4, 0.5) is 13.2 Å². The molecule has 0 saturated carbocycles. The van der Waals surface area contributed by atoms with E-state index in [-0.39, 0.29) is 37.3 Å². The van der Waals surface area contributed by atoms with Crippen molar-refractivity contribution in [2.75, 3.05) is 39.4 Å². The van der Waals surface area contributed by atoms with Gasteiger partial charge in [-0.25, -0.2) is 0 Å². The van der Waals surface area contributed by atoms with Crippen LogP contribution in [0.25, 0.3) is 0 Å². The minimum atomic E-state index is -4.56. The molecule has 2 fully saturated rings. The number of carbonyl (C=O) groups excluding carboxylic acids is 1. The van der Waals surface area contributed by atoms with Gasteiger partial charge in [-0.2, -0.15) is 13.2 Å². The summed E-state index contributed by atoms with van der Waals surface area (Å²) in [5.74, 6) is -0.137. The number of carbonyl (C=O) groups is 1. The lowest BCUT2D eigenvalue weighted by Crippen LogP contribution is -2.47. The Morgan fingerprint density at radius 1 is 1.21 bits per heavy atom. The van der Waals surface area contributed by atoms with E-state index >= 15 is 0 Å². The van der Waals surface area contributed by atoms with Crippen LogP contribution in [0.5, 0.6) is 0 Å². The smallest absolute Gasteiger partial charge is 0.380 e. The first-order valence-corrected chi connectivity index (χ1v) is 9.94. The first-order valence-electron chi connectivity index (χ1n) is 9.94. The van der Waals surface area contributed by atoms with Crippen LogP contribution in [0.1, 0.15) is 24.1 Å². The summed E-state index contributed by atoms with van der Waals surface area (Å²) in [6, 6.07) is 2.15. The molecule has 1 amide bonds. The molecule has 1 aromatic rings. The molecule has 0 radical (unpaired) electrons. The number of alkyl halides is 3. The summed E-state index contributed by atoms with van der Waals surface area (Å²) in [4.78, 5) is 28.6. The van der Waals surface area contributed by atoms with Crippen LogP contribution in [0, 0.1) is 0 Å². The zero-order chi connectivity index (χ0) is 20.6. The van der Waals surface area contributed by atoms with E-state index in [1.165, 1.54) is 4.57 Å². The third-order valence-electron chi connectivity index (χ3n) is 5.94. The lowest BCUT2D eigenvalue weighted by Gasteiger charge is -2.30. The SMILES string of the molecule is O=C(CN1CCn2c(cc(C(F)(F)F)cc2=O)C1)NC1CCN(C2CCOC2)C1. The van der Waals surface area contributed by atoms with E-state index in [0.29, 0.717) is 18.7 Å². The van der Waals surface area contributed by atoms with Gasteiger partial charge < -0.3 is 14.6 Å². The van der Waals surface area contributed by atoms with Gasteiger partial charge in [0.2, 0.25) is 5.91 Å². The predicted octanol–water partition coefficient (Wildman–Crippen LogP) is 0.662. The van der Waals surface area contributed by atoms with Gasteiger partial charge in [-0.1, -0.05) is 0 Å². The summed E-state index contributed by atoms with van der Waals surface area (Å²) < 4.78 is 45.7. The molecular formula is C19H25F3N4O3. The van der Waals surface area contributed by atoms with Crippen LogP contribution in [-0.2, 0) is 28.8 Å². The third-order valence-corrected chi connectivity index (χ3v) is 5.94. The number of hydrogen-bond donors (Lipinski definition) is 1. The maximum atomic E-state index is 13.0. The maximum Gasteiger partial charge on any atom is 0.416 e. The number of pyridine rings is 1. The molecule has 1 N–H and O–H groups in total. The van der Waals surface area contributed by atoms with Gasteiger partial charge in [0.1, 0.15) is 0 Å². The largest absolute Gasteiger partial charge is 0.416 e. The number of nitrogens with zero attached hydrogens (tertiary/aromatic N) is 3. The van der Waals surface area contributed by atoms with E-state index in [4.69, 9.17) is 4.74 Å². The quantitative estimate of drug-likeness (QED) is 0.784. The number of likely N-dealkylation sites (tertiary alicyclic amines) is 1. The molecule has 10 heteroatoms. The van der Waals surface area contributed by atoms with Gasteiger partial charge in [-0.15, -0.1) is 0 Å². The van der Waals surface area contributed by atoms with Crippen LogP contribution < -0.4 is 10.9 Å². The van der Waals surface area contributed by atoms with Crippen LogP contribution >= 0.6 is 0 Å². The summed E-state index contributed by atoms with van der Waals surface area (Å²) in [5, 5.41) is 3.04. The molecule has 3 aliphatic rings. The van der Waals surface area contributed by atoms with Crippen LogP contribution in [-0.4, -0.2) is 71.8 Å². The molecule has 7 nitrogen and oxygen atoms in total. The number of aromatic nitrogens is 1. The fourth-order valence-corrected chi connectivity index (χ4v) is 4.41. The summed E-state index contributed by atoms with van der Waals surface area (Å²) >= 11 is 0. The Kier molecular flexibility index (Phi) is 5.67. The zero-order valence-corrected chi connectivity index (χ0v) is 16.1. The lowest BCUT2D eigenvalue weighted by molar-refractivity contribution is -0.138. The molecule has 4 rings (SSSR count). The van der Waals surface area contributed by atoms with Crippen molar-refractivity contribution in [3.05, 3.63) is 33.7 Å². The van der Waals surface area contributed by atoms with Crippen molar-refractivity contribution < 1.29 is 22.7 Å². The Morgan fingerprint density at radius 2 is 2.03 bits per heavy atom. The normalized spacial score (nSPS) is 25.9. The van der Waals surface area contributed by atoms with Gasteiger partial charge in [0, 0.05) is 63.2 Å². The van der Waals surface area contributed by atoms with Gasteiger partial charge in [0.15, 0.2) is 0 Å². The number of nitrogens with one attached hydrogen (secondary N) is 1. The molecule has 2 unspecified atom stereocenters. The molecule has 0 bridgehead atoms. The minimum Gasteiger partial charge on any atom is -0.380 e. The number of fused-ring (bicyclic) bond motifs is 1. The second kappa shape index (κ2) is 8.08. The number of halogens is 3. The Morgan fingerprint density at radius 3 is 2.76 bits per heavy atom. The predicted molar refractivity (Wildman–Crippen MR) is 98.3 cm³/mol. The van der Waals surface area contributed by atoms with Crippen molar-refractivity contribution in [1.29, 1.82) is 0 Å². The van der Waals surface area contributed by atoms with Crippen molar-refractivity contribution in [1.82, 2.24) is 19.7 Å². The Balaban J connectivity index is 1.32. The highest BCUT2D eigenvalue weighted by Gasteiger charge is 2.34. The number of ether oxygens (including phenoxy) is 1. The molecule has 0 aromatic carbocycles. The number of amides is 1. The van der Waals surface area contributed by atoms with Crippen LogP contribution in [0.2, 0.25) is 0 Å². The van der Waals surface area contributed by atoms with Gasteiger partial charge in [0.05, 0.1) is 18.7 Å². The summed E-state index contributed by atoms with van der Waals surface area (Å²) in [6.07, 6.45) is -2.66. The molecule has 0 aliphatic carbocycles. The standard InChI is InChI=1S/C19H25F3N4O3/c20-19(21,22)13-7-16-10-24(4-5-26(16)18(28)8-13)11-17(27)23-14-1-3-25(9-14)15-2-6-29-12-15/h7-8,14-15H,1-6,9-12H2,(H,23,27). The second-order valence-corrected chi connectivity index (χ2v) is 8.00. The van der Waals surface area contributed by atoms with Gasteiger partial charge in [0.25, 0.3) is 5.56 Å². The van der Waals surface area contributed by atoms with Crippen molar-refractivity contribution in [2.24, 2.45) is 0 Å². The topological polar surface area (TPSA) is 66.8 Å². The van der Waals surface area contributed by atoms with Crippen molar-refractivity contribution >= 4 is 5.91 Å². The van der Waals surface area contributed by atoms with Crippen molar-refractivity contribution in [3.8, 4) is 0 Å². The van der Waals surface area contributed by atoms with Gasteiger partial charge in [-0.05, 0) is 18.9 Å². The molecule has 4 heterocycles. The summed E-state index contributed by atoms with van der Waals surface area (Å²) in [7, 11) is 0. The number of rotatable bonds is 4. The van der Waals surface area contributed by atoms with E-state index in [1.807, 2.05) is 0 Å². The van der Waals surface area contributed by atoms with E-state index in [1.54, 1.807) is 4.90 Å². The fraction of sp³-hybridized carbons (Fsp3) is 0.684. The zero-order valence-electron chi connectivity index (χ0n) is 16.1. The molecular weight excluding hydrogens is 389 g/mol. The second-order valence-electron chi connectivity index (χ2n) is 8.00. The Labute approximate surface area is 166 Å². The molecule has 3 aliphatic heterocycles. The fourth-order valence-electron chi connectivity index (χ4n) is 4.41. The minimum absolute atomic E-state index is 0.0830. The first-order chi connectivity index (χ1) is 13.8. The summed E-state index contributed by atoms with van der Waals surface area (Å²) in [6.45, 7) is 4.23. The van der Waals surface area contributed by atoms with E-state index in [2.05, 4.69) is 10.2 Å². The number of hydrogen-bond acceptors (Lipinski definition) is 5. The van der Waals surface area contributed by atoms with E-state index in [9.17, 15) is 22.8 Å². The van der Waals surface area contributed by atoms with Gasteiger partial charge >= 0.3 is 6.18 Å². The van der Waals surface area contributed by atoms with E-state index < -0.39 is 17.3 Å². The van der Waals surface area contributed by atoms with Gasteiger partial charge in [-0.3, -0.25) is 19.4 Å². The Bertz CT molecular complexity index is 820. The third kappa shape index (κ3) is 4.65. The summed E-state index contributed by atoms with van der Waals surface area (Å²) in [5.41, 5.74) is -1.31. The molecule has 2 saturated heterocycles. The van der Waals surface area contributed by atoms with Crippen LogP contribution in [0.3, 0.4) is 0 Å². The molecule has 0 spiro atoms. The maximum absolute atomic E-state index is 13.0. The lowest BCUT2D eigenvalue weighted by atomic mass is 10.1. The highest BCUT2D eigenvalue weighted by molar-refractivity contribution is 5.78.